The molecule has 0 aliphatic carbocycles. The number of likely N-dealkylation sites (tertiary alicyclic amines) is 1. The van der Waals surface area contributed by atoms with Crippen LogP contribution in [-0.2, 0) is 37.3 Å². The third kappa shape index (κ3) is 7.98. The highest BCUT2D eigenvalue weighted by Gasteiger charge is 2.37. The van der Waals surface area contributed by atoms with Gasteiger partial charge in [-0.2, -0.15) is 5.10 Å². The van der Waals surface area contributed by atoms with Gasteiger partial charge in [0.15, 0.2) is 5.65 Å². The fourth-order valence-corrected chi connectivity index (χ4v) is 8.27. The van der Waals surface area contributed by atoms with Gasteiger partial charge in [-0.25, -0.2) is 14.1 Å². The summed E-state index contributed by atoms with van der Waals surface area (Å²) in [6.45, 7) is 9.60. The first-order valence-electron chi connectivity index (χ1n) is 19.6. The molecule has 3 fully saturated rings. The summed E-state index contributed by atoms with van der Waals surface area (Å²) in [4.78, 5) is 34.4. The smallest absolute Gasteiger partial charge is 0.251 e. The molecule has 0 radical (unpaired) electrons. The fourth-order valence-electron chi connectivity index (χ4n) is 8.27. The number of anilines is 1. The minimum Gasteiger partial charge on any atom is -0.381 e. The normalized spacial score (nSPS) is 18.5. The van der Waals surface area contributed by atoms with Crippen molar-refractivity contribution < 1.29 is 18.7 Å². The lowest BCUT2D eigenvalue weighted by Crippen LogP contribution is -2.42. The van der Waals surface area contributed by atoms with Gasteiger partial charge in [0, 0.05) is 98.6 Å². The van der Waals surface area contributed by atoms with Crippen molar-refractivity contribution in [1.29, 1.82) is 0 Å². The van der Waals surface area contributed by atoms with Crippen molar-refractivity contribution >= 4 is 28.5 Å². The molecule has 11 nitrogen and oxygen atoms in total. The zero-order valence-corrected chi connectivity index (χ0v) is 31.5. The molecule has 3 aliphatic rings. The van der Waals surface area contributed by atoms with Crippen LogP contribution in [0.2, 0.25) is 0 Å². The van der Waals surface area contributed by atoms with E-state index in [1.54, 1.807) is 36.4 Å². The average molecular weight is 745 g/mol. The van der Waals surface area contributed by atoms with Gasteiger partial charge in [0.1, 0.15) is 5.82 Å². The largest absolute Gasteiger partial charge is 0.381 e. The van der Waals surface area contributed by atoms with E-state index in [1.165, 1.54) is 12.5 Å². The zero-order chi connectivity index (χ0) is 37.9. The number of aryl methyl sites for hydroxylation is 2. The third-order valence-corrected chi connectivity index (χ3v) is 11.3. The number of fused-ring (bicyclic) bond motifs is 3. The molecule has 0 saturated carbocycles. The Balaban J connectivity index is 0.932. The first-order chi connectivity index (χ1) is 26.9. The fraction of sp³-hybridized carbons (Fsp3) is 0.395. The van der Waals surface area contributed by atoms with Gasteiger partial charge >= 0.3 is 0 Å². The minimum absolute atomic E-state index is 0.207. The minimum atomic E-state index is -0.323. The molecule has 2 atom stereocenters. The van der Waals surface area contributed by atoms with Crippen molar-refractivity contribution in [2.75, 3.05) is 31.6 Å². The summed E-state index contributed by atoms with van der Waals surface area (Å²) in [6.07, 6.45) is 5.51. The zero-order valence-electron chi connectivity index (χ0n) is 31.5. The molecule has 1 unspecified atom stereocenters. The second-order valence-electron chi connectivity index (χ2n) is 14.9. The highest BCUT2D eigenvalue weighted by molar-refractivity contribution is 6.00. The van der Waals surface area contributed by atoms with Crippen LogP contribution in [0.4, 0.5) is 10.1 Å². The van der Waals surface area contributed by atoms with Gasteiger partial charge in [-0.15, -0.1) is 0 Å². The number of halogens is 1. The second kappa shape index (κ2) is 16.3. The SMILES string of the molecule is CCc1nc2c(cnn2CC)c(NC2CCOCC2)c1CNC(=O)c1cccc(C(=O)NCc2ccc(F)c(-c3cccc(CN4C[C@@H]5CC4CN5)c3)c2)c1. The molecular formula is C43H49FN8O3. The molecule has 0 spiro atoms. The number of hydrogen-bond acceptors (Lipinski definition) is 8. The van der Waals surface area contributed by atoms with Crippen LogP contribution in [0.3, 0.4) is 0 Å². The molecule has 2 bridgehead atoms. The molecule has 286 valence electrons. The molecule has 4 N–H and O–H groups in total. The first kappa shape index (κ1) is 36.8. The maximum atomic E-state index is 15.2. The number of benzene rings is 3. The van der Waals surface area contributed by atoms with E-state index < -0.39 is 0 Å². The molecule has 8 rings (SSSR count). The lowest BCUT2D eigenvalue weighted by molar-refractivity contribution is 0.0904. The van der Waals surface area contributed by atoms with Crippen molar-refractivity contribution in [2.24, 2.45) is 0 Å². The maximum Gasteiger partial charge on any atom is 0.251 e. The van der Waals surface area contributed by atoms with Crippen molar-refractivity contribution in [1.82, 2.24) is 35.6 Å². The van der Waals surface area contributed by atoms with Crippen LogP contribution >= 0.6 is 0 Å². The Morgan fingerprint density at radius 2 is 1.73 bits per heavy atom. The third-order valence-electron chi connectivity index (χ3n) is 11.3. The van der Waals surface area contributed by atoms with E-state index in [0.717, 1.165) is 77.1 Å². The van der Waals surface area contributed by atoms with Crippen LogP contribution in [0.1, 0.15) is 76.2 Å². The number of carbonyl (C=O) groups excluding carboxylic acids is 2. The van der Waals surface area contributed by atoms with Gasteiger partial charge in [0.05, 0.1) is 17.3 Å². The van der Waals surface area contributed by atoms with Crippen LogP contribution in [-0.4, -0.2) is 75.9 Å². The molecule has 12 heteroatoms. The van der Waals surface area contributed by atoms with Gasteiger partial charge in [-0.05, 0) is 85.7 Å². The second-order valence-corrected chi connectivity index (χ2v) is 14.9. The number of nitrogens with zero attached hydrogens (tertiary/aromatic N) is 4. The molecule has 5 aromatic rings. The summed E-state index contributed by atoms with van der Waals surface area (Å²) in [5.74, 6) is -0.923. The number of aromatic nitrogens is 3. The Kier molecular flexibility index (Phi) is 10.9. The quantitative estimate of drug-likeness (QED) is 0.119. The van der Waals surface area contributed by atoms with E-state index in [2.05, 4.69) is 50.3 Å². The van der Waals surface area contributed by atoms with Gasteiger partial charge in [-0.1, -0.05) is 37.3 Å². The number of rotatable bonds is 13. The van der Waals surface area contributed by atoms with Crippen molar-refractivity contribution in [3.63, 3.8) is 0 Å². The summed E-state index contributed by atoms with van der Waals surface area (Å²) in [5, 5.41) is 18.9. The van der Waals surface area contributed by atoms with E-state index >= 15 is 4.39 Å². The van der Waals surface area contributed by atoms with Gasteiger partial charge < -0.3 is 26.0 Å². The summed E-state index contributed by atoms with van der Waals surface area (Å²) in [7, 11) is 0. The number of pyridine rings is 1. The van der Waals surface area contributed by atoms with Crippen LogP contribution in [0, 0.1) is 5.82 Å². The van der Waals surface area contributed by atoms with Crippen molar-refractivity contribution in [3.8, 4) is 11.1 Å². The van der Waals surface area contributed by atoms with E-state index in [1.807, 2.05) is 29.9 Å². The number of amides is 2. The predicted octanol–water partition coefficient (Wildman–Crippen LogP) is 5.82. The predicted molar refractivity (Wildman–Crippen MR) is 211 cm³/mol. The van der Waals surface area contributed by atoms with Crippen molar-refractivity contribution in [2.45, 2.75) is 83.8 Å². The molecule has 5 heterocycles. The standard InChI is InChI=1S/C43H49FN8O3/c1-3-39-36(40(49-32-13-15-55-16-14-32)37-24-48-52(4-2)41(37)50-39)23-47-43(54)31-10-6-9-30(19-31)42(53)46-21-27-11-12-38(44)35(18-27)29-8-5-7-28(17-29)25-51-26-33-20-34(51)22-45-33/h5-12,17-19,24,32-34,45H,3-4,13-16,20-23,25-26H2,1-2H3,(H,46,53)(H,47,54)(H,49,50)/t33-,34?/m0/s1. The Morgan fingerprint density at radius 3 is 2.45 bits per heavy atom. The van der Waals surface area contributed by atoms with Crippen LogP contribution in [0.15, 0.2) is 72.9 Å². The number of hydrogen-bond donors (Lipinski definition) is 4. The summed E-state index contributed by atoms with van der Waals surface area (Å²) in [6, 6.07) is 21.1. The highest BCUT2D eigenvalue weighted by atomic mass is 19.1. The Hall–Kier alpha value is -5.17. The number of ether oxygens (including phenoxy) is 1. The number of nitrogens with one attached hydrogen (secondary N) is 4. The monoisotopic (exact) mass is 744 g/mol. The number of piperazine rings is 1. The lowest BCUT2D eigenvalue weighted by atomic mass is 10.00. The summed E-state index contributed by atoms with van der Waals surface area (Å²) >= 11 is 0. The van der Waals surface area contributed by atoms with Crippen LogP contribution in [0.25, 0.3) is 22.2 Å². The van der Waals surface area contributed by atoms with Gasteiger partial charge in [0.2, 0.25) is 0 Å². The maximum absolute atomic E-state index is 15.2. The molecule has 3 aliphatic heterocycles. The molecule has 2 amide bonds. The molecule has 2 aromatic heterocycles. The summed E-state index contributed by atoms with van der Waals surface area (Å²) < 4.78 is 22.7. The topological polar surface area (TPSA) is 125 Å². The van der Waals surface area contributed by atoms with Crippen LogP contribution < -0.4 is 21.3 Å². The van der Waals surface area contributed by atoms with E-state index in [4.69, 9.17) is 9.72 Å². The molecule has 3 aromatic carbocycles. The van der Waals surface area contributed by atoms with E-state index in [9.17, 15) is 9.59 Å². The molecular weight excluding hydrogens is 696 g/mol. The Morgan fingerprint density at radius 1 is 0.945 bits per heavy atom. The highest BCUT2D eigenvalue weighted by Crippen LogP contribution is 2.32. The van der Waals surface area contributed by atoms with E-state index in [0.29, 0.717) is 55.0 Å². The molecule has 55 heavy (non-hydrogen) atoms. The summed E-state index contributed by atoms with van der Waals surface area (Å²) in [5.41, 5.74) is 7.59. The van der Waals surface area contributed by atoms with Crippen LogP contribution in [0.5, 0.6) is 0 Å². The first-order valence-corrected chi connectivity index (χ1v) is 19.6. The van der Waals surface area contributed by atoms with Gasteiger partial charge in [0.25, 0.3) is 11.8 Å². The average Bonchev–Trinajstić information content (AvgIpc) is 3.97. The van der Waals surface area contributed by atoms with E-state index in [-0.39, 0.29) is 36.8 Å². The number of carbonyl (C=O) groups is 2. The van der Waals surface area contributed by atoms with Gasteiger partial charge in [-0.3, -0.25) is 14.5 Å². The lowest BCUT2D eigenvalue weighted by Gasteiger charge is -2.27. The Labute approximate surface area is 321 Å². The molecule has 3 saturated heterocycles. The van der Waals surface area contributed by atoms with Crippen molar-refractivity contribution in [3.05, 3.63) is 112 Å². The Bertz CT molecular complexity index is 2200.